The van der Waals surface area contributed by atoms with E-state index in [1.54, 1.807) is 7.11 Å². The van der Waals surface area contributed by atoms with E-state index < -0.39 is 0 Å². The van der Waals surface area contributed by atoms with Crippen LogP contribution in [0.1, 0.15) is 17.7 Å². The van der Waals surface area contributed by atoms with E-state index in [0.29, 0.717) is 6.10 Å². The Morgan fingerprint density at radius 1 is 1.67 bits per heavy atom. The van der Waals surface area contributed by atoms with Crippen LogP contribution in [0.4, 0.5) is 0 Å². The zero-order valence-electron chi connectivity index (χ0n) is 7.58. The number of aromatic nitrogens is 2. The molecule has 1 aromatic heterocycles. The molecular formula is C9H14N2O. The van der Waals surface area contributed by atoms with Gasteiger partial charge in [0.1, 0.15) is 0 Å². The molecule has 12 heavy (non-hydrogen) atoms. The lowest BCUT2D eigenvalue weighted by Crippen LogP contribution is -2.21. The first-order valence-electron chi connectivity index (χ1n) is 4.34. The number of rotatable bonds is 1. The van der Waals surface area contributed by atoms with Crippen LogP contribution in [0.25, 0.3) is 0 Å². The van der Waals surface area contributed by atoms with Crippen molar-refractivity contribution in [3.8, 4) is 0 Å². The fourth-order valence-electron chi connectivity index (χ4n) is 1.85. The molecule has 0 aromatic carbocycles. The minimum atomic E-state index is 0.404. The van der Waals surface area contributed by atoms with Gasteiger partial charge in [-0.15, -0.1) is 0 Å². The van der Waals surface area contributed by atoms with Crippen molar-refractivity contribution in [2.45, 2.75) is 25.4 Å². The Morgan fingerprint density at radius 3 is 3.25 bits per heavy atom. The van der Waals surface area contributed by atoms with Crippen molar-refractivity contribution in [2.75, 3.05) is 7.11 Å². The third-order valence-electron chi connectivity index (χ3n) is 2.63. The molecule has 1 aromatic rings. The lowest BCUT2D eigenvalue weighted by Gasteiger charge is -2.20. The Bertz CT molecular complexity index is 280. The molecule has 1 aliphatic carbocycles. The highest BCUT2D eigenvalue weighted by atomic mass is 16.5. The lowest BCUT2D eigenvalue weighted by atomic mass is 9.95. The van der Waals surface area contributed by atoms with Crippen molar-refractivity contribution < 1.29 is 4.74 Å². The Kier molecular flexibility index (Phi) is 1.89. The summed E-state index contributed by atoms with van der Waals surface area (Å²) in [4.78, 5) is 0. The molecule has 0 bridgehead atoms. The van der Waals surface area contributed by atoms with Crippen LogP contribution >= 0.6 is 0 Å². The van der Waals surface area contributed by atoms with E-state index in [-0.39, 0.29) is 0 Å². The van der Waals surface area contributed by atoms with Crippen LogP contribution in [0.5, 0.6) is 0 Å². The molecule has 66 valence electrons. The number of aryl methyl sites for hydroxylation is 1. The van der Waals surface area contributed by atoms with Gasteiger partial charge in [-0.3, -0.25) is 4.68 Å². The molecule has 0 aliphatic heterocycles. The first kappa shape index (κ1) is 7.80. The zero-order chi connectivity index (χ0) is 8.55. The largest absolute Gasteiger partial charge is 0.381 e. The fraction of sp³-hybridized carbons (Fsp3) is 0.667. The summed E-state index contributed by atoms with van der Waals surface area (Å²) in [6.07, 6.45) is 5.62. The van der Waals surface area contributed by atoms with Crippen LogP contribution in [0.2, 0.25) is 0 Å². The van der Waals surface area contributed by atoms with Crippen LogP contribution in [-0.4, -0.2) is 23.0 Å². The summed E-state index contributed by atoms with van der Waals surface area (Å²) in [7, 11) is 3.79. The minimum Gasteiger partial charge on any atom is -0.381 e. The molecule has 0 saturated carbocycles. The maximum atomic E-state index is 5.32. The standard InChI is InChI=1S/C9H14N2O/c1-11-9-4-3-8(12-2)5-7(9)6-10-11/h6,8H,3-5H2,1-2H3. The van der Waals surface area contributed by atoms with Gasteiger partial charge in [-0.2, -0.15) is 5.10 Å². The average molecular weight is 166 g/mol. The molecular weight excluding hydrogens is 152 g/mol. The molecule has 0 radical (unpaired) electrons. The molecule has 0 N–H and O–H groups in total. The third kappa shape index (κ3) is 1.14. The Morgan fingerprint density at radius 2 is 2.50 bits per heavy atom. The molecule has 0 saturated heterocycles. The number of nitrogens with zero attached hydrogens (tertiary/aromatic N) is 2. The van der Waals surface area contributed by atoms with E-state index in [4.69, 9.17) is 4.74 Å². The first-order chi connectivity index (χ1) is 5.81. The number of hydrogen-bond acceptors (Lipinski definition) is 2. The molecule has 0 fully saturated rings. The first-order valence-corrected chi connectivity index (χ1v) is 4.34. The van der Waals surface area contributed by atoms with Gasteiger partial charge >= 0.3 is 0 Å². The predicted molar refractivity (Wildman–Crippen MR) is 46.0 cm³/mol. The van der Waals surface area contributed by atoms with Crippen LogP contribution in [0.3, 0.4) is 0 Å². The van der Waals surface area contributed by atoms with Crippen molar-refractivity contribution in [3.63, 3.8) is 0 Å². The van der Waals surface area contributed by atoms with Gasteiger partial charge in [-0.1, -0.05) is 0 Å². The second-order valence-corrected chi connectivity index (χ2v) is 3.34. The van der Waals surface area contributed by atoms with Gasteiger partial charge in [0.2, 0.25) is 0 Å². The molecule has 0 amide bonds. The molecule has 1 atom stereocenters. The van der Waals surface area contributed by atoms with Crippen molar-refractivity contribution in [2.24, 2.45) is 7.05 Å². The van der Waals surface area contributed by atoms with Crippen molar-refractivity contribution in [1.29, 1.82) is 0 Å². The summed E-state index contributed by atoms with van der Waals surface area (Å²) < 4.78 is 7.29. The van der Waals surface area contributed by atoms with Crippen molar-refractivity contribution in [1.82, 2.24) is 9.78 Å². The zero-order valence-corrected chi connectivity index (χ0v) is 7.58. The lowest BCUT2D eigenvalue weighted by molar-refractivity contribution is 0.0905. The number of methoxy groups -OCH3 is 1. The fourth-order valence-corrected chi connectivity index (χ4v) is 1.85. The quantitative estimate of drug-likeness (QED) is 0.620. The van der Waals surface area contributed by atoms with Crippen LogP contribution in [0.15, 0.2) is 6.20 Å². The molecule has 1 unspecified atom stereocenters. The van der Waals surface area contributed by atoms with Gasteiger partial charge in [-0.25, -0.2) is 0 Å². The van der Waals surface area contributed by atoms with Crippen LogP contribution < -0.4 is 0 Å². The summed E-state index contributed by atoms with van der Waals surface area (Å²) >= 11 is 0. The molecule has 0 spiro atoms. The maximum absolute atomic E-state index is 5.32. The van der Waals surface area contributed by atoms with Gasteiger partial charge in [0.05, 0.1) is 12.3 Å². The highest BCUT2D eigenvalue weighted by Gasteiger charge is 2.20. The van der Waals surface area contributed by atoms with Gasteiger partial charge < -0.3 is 4.74 Å². The summed E-state index contributed by atoms with van der Waals surface area (Å²) in [5.74, 6) is 0. The Balaban J connectivity index is 2.24. The average Bonchev–Trinajstić information content (AvgIpc) is 2.47. The highest BCUT2D eigenvalue weighted by molar-refractivity contribution is 5.21. The molecule has 1 aliphatic rings. The van der Waals surface area contributed by atoms with Gasteiger partial charge in [-0.05, 0) is 18.4 Å². The van der Waals surface area contributed by atoms with E-state index >= 15 is 0 Å². The second-order valence-electron chi connectivity index (χ2n) is 3.34. The van der Waals surface area contributed by atoms with Gasteiger partial charge in [0, 0.05) is 26.3 Å². The Hall–Kier alpha value is -0.830. The van der Waals surface area contributed by atoms with Crippen LogP contribution in [0, 0.1) is 0 Å². The van der Waals surface area contributed by atoms with E-state index in [0.717, 1.165) is 19.3 Å². The normalized spacial score (nSPS) is 22.3. The maximum Gasteiger partial charge on any atom is 0.0616 e. The summed E-state index contributed by atoms with van der Waals surface area (Å²) in [5.41, 5.74) is 2.74. The summed E-state index contributed by atoms with van der Waals surface area (Å²) in [6.45, 7) is 0. The van der Waals surface area contributed by atoms with E-state index in [9.17, 15) is 0 Å². The van der Waals surface area contributed by atoms with Gasteiger partial charge in [0.15, 0.2) is 0 Å². The van der Waals surface area contributed by atoms with E-state index in [2.05, 4.69) is 5.10 Å². The van der Waals surface area contributed by atoms with Gasteiger partial charge in [0.25, 0.3) is 0 Å². The van der Waals surface area contributed by atoms with E-state index in [1.165, 1.54) is 11.3 Å². The second kappa shape index (κ2) is 2.90. The predicted octanol–water partition coefficient (Wildman–Crippen LogP) is 0.924. The number of hydrogen-bond donors (Lipinski definition) is 0. The molecule has 3 heteroatoms. The Labute approximate surface area is 72.3 Å². The van der Waals surface area contributed by atoms with Crippen molar-refractivity contribution in [3.05, 3.63) is 17.5 Å². The monoisotopic (exact) mass is 166 g/mol. The number of fused-ring (bicyclic) bond motifs is 1. The minimum absolute atomic E-state index is 0.404. The highest BCUT2D eigenvalue weighted by Crippen LogP contribution is 2.21. The third-order valence-corrected chi connectivity index (χ3v) is 2.63. The summed E-state index contributed by atoms with van der Waals surface area (Å²) in [5, 5.41) is 4.23. The molecule has 2 rings (SSSR count). The van der Waals surface area contributed by atoms with Crippen LogP contribution in [-0.2, 0) is 24.6 Å². The molecule has 3 nitrogen and oxygen atoms in total. The molecule has 1 heterocycles. The SMILES string of the molecule is COC1CCc2c(cnn2C)C1. The topological polar surface area (TPSA) is 27.1 Å². The number of ether oxygens (including phenoxy) is 1. The smallest absolute Gasteiger partial charge is 0.0616 e. The van der Waals surface area contributed by atoms with Crippen molar-refractivity contribution >= 4 is 0 Å². The van der Waals surface area contributed by atoms with E-state index in [1.807, 2.05) is 17.9 Å². The summed E-state index contributed by atoms with van der Waals surface area (Å²) in [6, 6.07) is 0.